The lowest BCUT2D eigenvalue weighted by Gasteiger charge is -2.25. The minimum atomic E-state index is -0.0657. The Labute approximate surface area is 181 Å². The number of amides is 1. The molecule has 2 aromatic rings. The number of carbonyl (C=O) groups is 1. The molecule has 0 aliphatic carbocycles. The van der Waals surface area contributed by atoms with Crippen molar-refractivity contribution in [2.24, 2.45) is 0 Å². The van der Waals surface area contributed by atoms with Crippen molar-refractivity contribution in [2.75, 3.05) is 26.0 Å². The number of carbonyl (C=O) groups excluding carboxylic acids is 1. The van der Waals surface area contributed by atoms with Crippen molar-refractivity contribution in [3.05, 3.63) is 59.2 Å². The summed E-state index contributed by atoms with van der Waals surface area (Å²) in [7, 11) is 3.49. The highest BCUT2D eigenvalue weighted by atomic mass is 127. The number of ether oxygens (including phenoxy) is 1. The van der Waals surface area contributed by atoms with Crippen LogP contribution in [0.25, 0.3) is 0 Å². The molecule has 2 atom stereocenters. The number of likely N-dealkylation sites (tertiary alicyclic amines) is 1. The number of anilines is 1. The van der Waals surface area contributed by atoms with Gasteiger partial charge in [-0.3, -0.25) is 9.69 Å². The highest BCUT2D eigenvalue weighted by molar-refractivity contribution is 14.1. The van der Waals surface area contributed by atoms with Crippen LogP contribution >= 0.6 is 22.6 Å². The molecule has 0 aromatic heterocycles. The van der Waals surface area contributed by atoms with Crippen molar-refractivity contribution in [1.82, 2.24) is 10.2 Å². The van der Waals surface area contributed by atoms with Crippen LogP contribution in [0, 0.1) is 0 Å². The molecule has 1 aliphatic heterocycles. The van der Waals surface area contributed by atoms with Gasteiger partial charge < -0.3 is 15.4 Å². The summed E-state index contributed by atoms with van der Waals surface area (Å²) in [4.78, 5) is 15.5. The SMILES string of the molecule is CNc1cc(OC)c(C(=O)N[C@H]2CCN(Cc3ccccc3)[C@H]2C)cc1CI. The van der Waals surface area contributed by atoms with Gasteiger partial charge in [0.2, 0.25) is 0 Å². The van der Waals surface area contributed by atoms with Gasteiger partial charge in [-0.2, -0.15) is 0 Å². The molecule has 0 unspecified atom stereocenters. The third kappa shape index (κ3) is 4.60. The first-order valence-corrected chi connectivity index (χ1v) is 11.1. The average molecular weight is 493 g/mol. The molecule has 1 amide bonds. The van der Waals surface area contributed by atoms with Gasteiger partial charge in [-0.25, -0.2) is 0 Å². The van der Waals surface area contributed by atoms with E-state index < -0.39 is 0 Å². The molecule has 0 spiro atoms. The summed E-state index contributed by atoms with van der Waals surface area (Å²) in [5.74, 6) is 0.534. The second kappa shape index (κ2) is 9.60. The standard InChI is InChI=1S/C22H28IN3O2/c1-15-19(9-10-26(15)14-16-7-5-4-6-8-16)25-22(27)18-11-17(13-23)20(24-2)12-21(18)28-3/h4-8,11-12,15,19,24H,9-10,13-14H2,1-3H3,(H,25,27)/t15-,19-/m0/s1. The summed E-state index contributed by atoms with van der Waals surface area (Å²) >= 11 is 2.31. The van der Waals surface area contributed by atoms with Crippen LogP contribution in [0.2, 0.25) is 0 Å². The van der Waals surface area contributed by atoms with Gasteiger partial charge in [0.05, 0.1) is 12.7 Å². The number of halogens is 1. The van der Waals surface area contributed by atoms with Crippen LogP contribution in [-0.4, -0.2) is 43.6 Å². The lowest BCUT2D eigenvalue weighted by atomic mass is 10.1. The van der Waals surface area contributed by atoms with Crippen LogP contribution in [0.5, 0.6) is 5.75 Å². The van der Waals surface area contributed by atoms with Gasteiger partial charge in [0.15, 0.2) is 0 Å². The third-order valence-corrected chi connectivity index (χ3v) is 6.34. The number of hydrogen-bond donors (Lipinski definition) is 2. The molecule has 1 saturated heterocycles. The van der Waals surface area contributed by atoms with Gasteiger partial charge in [-0.1, -0.05) is 52.9 Å². The van der Waals surface area contributed by atoms with E-state index >= 15 is 0 Å². The molecule has 3 rings (SSSR count). The Bertz CT molecular complexity index is 813. The molecule has 0 saturated carbocycles. The maximum Gasteiger partial charge on any atom is 0.255 e. The van der Waals surface area contributed by atoms with E-state index in [4.69, 9.17) is 4.74 Å². The first kappa shape index (κ1) is 20.9. The molecule has 2 N–H and O–H groups in total. The summed E-state index contributed by atoms with van der Waals surface area (Å²) in [6.07, 6.45) is 0.954. The normalized spacial score (nSPS) is 19.4. The van der Waals surface area contributed by atoms with Crippen LogP contribution in [-0.2, 0) is 11.0 Å². The number of rotatable bonds is 7. The van der Waals surface area contributed by atoms with Gasteiger partial charge in [0, 0.05) is 48.4 Å². The van der Waals surface area contributed by atoms with E-state index in [-0.39, 0.29) is 18.0 Å². The molecular weight excluding hydrogens is 465 g/mol. The third-order valence-electron chi connectivity index (χ3n) is 5.51. The number of methoxy groups -OCH3 is 1. The molecule has 28 heavy (non-hydrogen) atoms. The quantitative estimate of drug-likeness (QED) is 0.451. The molecule has 1 aliphatic rings. The van der Waals surface area contributed by atoms with Gasteiger partial charge in [-0.15, -0.1) is 0 Å². The van der Waals surface area contributed by atoms with Crippen LogP contribution in [0.15, 0.2) is 42.5 Å². The van der Waals surface area contributed by atoms with Gasteiger partial charge in [0.25, 0.3) is 5.91 Å². The summed E-state index contributed by atoms with van der Waals surface area (Å²) in [5, 5.41) is 6.41. The van der Waals surface area contributed by atoms with Crippen LogP contribution < -0.4 is 15.4 Å². The molecule has 2 aromatic carbocycles. The van der Waals surface area contributed by atoms with Crippen molar-refractivity contribution >= 4 is 34.2 Å². The minimum absolute atomic E-state index is 0.0657. The lowest BCUT2D eigenvalue weighted by molar-refractivity contribution is 0.0924. The zero-order chi connectivity index (χ0) is 20.1. The molecule has 1 fully saturated rings. The van der Waals surface area contributed by atoms with Gasteiger partial charge >= 0.3 is 0 Å². The van der Waals surface area contributed by atoms with Crippen LogP contribution in [0.1, 0.15) is 34.8 Å². The summed E-state index contributed by atoms with van der Waals surface area (Å²) < 4.78 is 6.31. The Balaban J connectivity index is 1.71. The number of alkyl halides is 1. The predicted molar refractivity (Wildman–Crippen MR) is 122 cm³/mol. The lowest BCUT2D eigenvalue weighted by Crippen LogP contribution is -2.43. The predicted octanol–water partition coefficient (Wildman–Crippen LogP) is 4.06. The molecule has 0 bridgehead atoms. The van der Waals surface area contributed by atoms with Crippen molar-refractivity contribution in [3.8, 4) is 5.75 Å². The van der Waals surface area contributed by atoms with Gasteiger partial charge in [0.1, 0.15) is 5.75 Å². The molecule has 150 valence electrons. The van der Waals surface area contributed by atoms with Crippen molar-refractivity contribution < 1.29 is 9.53 Å². The first-order valence-electron chi connectivity index (χ1n) is 9.60. The Kier molecular flexibility index (Phi) is 7.18. The number of nitrogens with one attached hydrogen (secondary N) is 2. The number of benzene rings is 2. The maximum atomic E-state index is 13.0. The smallest absolute Gasteiger partial charge is 0.255 e. The Morgan fingerprint density at radius 1 is 1.29 bits per heavy atom. The summed E-state index contributed by atoms with van der Waals surface area (Å²) in [5.41, 5.74) is 3.99. The Morgan fingerprint density at radius 2 is 2.04 bits per heavy atom. The zero-order valence-corrected chi connectivity index (χ0v) is 18.8. The first-order chi connectivity index (χ1) is 13.6. The highest BCUT2D eigenvalue weighted by Crippen LogP contribution is 2.29. The largest absolute Gasteiger partial charge is 0.496 e. The molecule has 0 radical (unpaired) electrons. The van der Waals surface area contributed by atoms with E-state index in [0.717, 1.165) is 35.2 Å². The highest BCUT2D eigenvalue weighted by Gasteiger charge is 2.32. The topological polar surface area (TPSA) is 53.6 Å². The van der Waals surface area contributed by atoms with E-state index in [2.05, 4.69) is 69.3 Å². The fourth-order valence-electron chi connectivity index (χ4n) is 3.80. The van der Waals surface area contributed by atoms with Crippen LogP contribution in [0.3, 0.4) is 0 Å². The minimum Gasteiger partial charge on any atom is -0.496 e. The maximum absolute atomic E-state index is 13.0. The zero-order valence-electron chi connectivity index (χ0n) is 16.7. The molecule has 6 heteroatoms. The summed E-state index contributed by atoms with van der Waals surface area (Å²) in [6.45, 7) is 4.09. The van der Waals surface area contributed by atoms with E-state index in [9.17, 15) is 4.79 Å². The fourth-order valence-corrected chi connectivity index (χ4v) is 4.43. The second-order valence-electron chi connectivity index (χ2n) is 7.16. The van der Waals surface area contributed by atoms with E-state index in [1.165, 1.54) is 5.56 Å². The number of nitrogens with zero attached hydrogens (tertiary/aromatic N) is 1. The van der Waals surface area contributed by atoms with Crippen molar-refractivity contribution in [1.29, 1.82) is 0 Å². The Hall–Kier alpha value is -1.80. The number of hydrogen-bond acceptors (Lipinski definition) is 4. The van der Waals surface area contributed by atoms with E-state index in [1.54, 1.807) is 7.11 Å². The monoisotopic (exact) mass is 493 g/mol. The van der Waals surface area contributed by atoms with E-state index in [0.29, 0.717) is 11.3 Å². The average Bonchev–Trinajstić information content (AvgIpc) is 3.06. The van der Waals surface area contributed by atoms with Crippen molar-refractivity contribution in [2.45, 2.75) is 36.4 Å². The van der Waals surface area contributed by atoms with Gasteiger partial charge in [-0.05, 0) is 30.5 Å². The molecule has 1 heterocycles. The van der Waals surface area contributed by atoms with Crippen LogP contribution in [0.4, 0.5) is 5.69 Å². The molecular formula is C22H28IN3O2. The second-order valence-corrected chi connectivity index (χ2v) is 7.92. The van der Waals surface area contributed by atoms with E-state index in [1.807, 2.05) is 25.2 Å². The Morgan fingerprint density at radius 3 is 2.68 bits per heavy atom. The van der Waals surface area contributed by atoms with Crippen molar-refractivity contribution in [3.63, 3.8) is 0 Å². The fraction of sp³-hybridized carbons (Fsp3) is 0.409. The summed E-state index contributed by atoms with van der Waals surface area (Å²) in [6, 6.07) is 14.7. The molecule has 5 nitrogen and oxygen atoms in total.